The minimum Gasteiger partial charge on any atom is -0.492 e. The average molecular weight is 218 g/mol. The fourth-order valence-electron chi connectivity index (χ4n) is 1.33. The quantitative estimate of drug-likeness (QED) is 0.615. The second kappa shape index (κ2) is 3.73. The van der Waals surface area contributed by atoms with E-state index in [0.29, 0.717) is 12.4 Å². The molecule has 0 aliphatic carbocycles. The highest BCUT2D eigenvalue weighted by molar-refractivity contribution is 6.36. The largest absolute Gasteiger partial charge is 0.492 e. The van der Waals surface area contributed by atoms with Gasteiger partial charge < -0.3 is 4.74 Å². The van der Waals surface area contributed by atoms with E-state index in [9.17, 15) is 9.59 Å². The Labute approximate surface area is 90.5 Å². The van der Waals surface area contributed by atoms with Crippen molar-refractivity contribution >= 4 is 17.5 Å². The van der Waals surface area contributed by atoms with Crippen LogP contribution in [0, 0.1) is 0 Å². The molecule has 81 valence electrons. The molecule has 1 aliphatic heterocycles. The van der Waals surface area contributed by atoms with Crippen molar-refractivity contribution in [2.45, 2.75) is 6.92 Å². The molecule has 2 amide bonds. The van der Waals surface area contributed by atoms with Crippen molar-refractivity contribution in [2.24, 2.45) is 9.98 Å². The van der Waals surface area contributed by atoms with Gasteiger partial charge in [-0.25, -0.2) is 9.98 Å². The van der Waals surface area contributed by atoms with E-state index in [0.717, 1.165) is 0 Å². The fourth-order valence-corrected chi connectivity index (χ4v) is 1.33. The van der Waals surface area contributed by atoms with Gasteiger partial charge in [-0.1, -0.05) is 0 Å². The topological polar surface area (TPSA) is 91.9 Å². The fraction of sp³-hybridized carbons (Fsp3) is 0.200. The van der Waals surface area contributed by atoms with Crippen LogP contribution in [0.25, 0.3) is 0 Å². The molecule has 6 nitrogen and oxygen atoms in total. The zero-order valence-electron chi connectivity index (χ0n) is 8.48. The molecule has 1 heterocycles. The second-order valence-corrected chi connectivity index (χ2v) is 3.10. The van der Waals surface area contributed by atoms with E-state index in [4.69, 9.17) is 10.5 Å². The predicted octanol–water partition coefficient (Wildman–Crippen LogP) is -0.694. The number of carbonyl (C=O) groups is 2. The van der Waals surface area contributed by atoms with Gasteiger partial charge in [-0.15, -0.1) is 0 Å². The second-order valence-electron chi connectivity index (χ2n) is 3.10. The Morgan fingerprint density at radius 2 is 1.75 bits per heavy atom. The van der Waals surface area contributed by atoms with E-state index < -0.39 is 11.8 Å². The maximum Gasteiger partial charge on any atom is 0.338 e. The maximum absolute atomic E-state index is 11.0. The Morgan fingerprint density at radius 1 is 1.19 bits per heavy atom. The molecule has 0 spiro atoms. The summed E-state index contributed by atoms with van der Waals surface area (Å²) in [5.41, 5.74) is 7.72. The number of ether oxygens (including phenoxy) is 1. The van der Waals surface area contributed by atoms with Crippen LogP contribution in [-0.4, -0.2) is 18.4 Å². The van der Waals surface area contributed by atoms with Crippen molar-refractivity contribution in [3.8, 4) is 5.75 Å². The van der Waals surface area contributed by atoms with Gasteiger partial charge in [-0.3, -0.25) is 15.3 Å². The molecule has 1 N–H and O–H groups in total. The van der Waals surface area contributed by atoms with Crippen molar-refractivity contribution in [1.82, 2.24) is 5.73 Å². The van der Waals surface area contributed by atoms with Crippen molar-refractivity contribution in [2.75, 3.05) is 6.61 Å². The molecule has 0 unspecified atom stereocenters. The summed E-state index contributed by atoms with van der Waals surface area (Å²) in [6, 6.07) is 2.79. The lowest BCUT2D eigenvalue weighted by Gasteiger charge is -2.06. The van der Waals surface area contributed by atoms with Gasteiger partial charge in [0, 0.05) is 6.07 Å². The molecule has 1 radical (unpaired) electrons. The summed E-state index contributed by atoms with van der Waals surface area (Å²) >= 11 is 0. The van der Waals surface area contributed by atoms with Crippen LogP contribution in [0.15, 0.2) is 22.1 Å². The van der Waals surface area contributed by atoms with Crippen LogP contribution in [0.4, 0.5) is 5.69 Å². The highest BCUT2D eigenvalue weighted by Crippen LogP contribution is 2.17. The molecular weight excluding hydrogens is 210 g/mol. The third-order valence-electron chi connectivity index (χ3n) is 2.00. The number of fused-ring (bicyclic) bond motifs is 1. The Balaban J connectivity index is 2.68. The highest BCUT2D eigenvalue weighted by Gasteiger charge is 2.16. The molecular formula is C10H8N3O3. The first-order chi connectivity index (χ1) is 7.61. The number of nitrogens with zero attached hydrogens (tertiary/aromatic N) is 2. The summed E-state index contributed by atoms with van der Waals surface area (Å²) in [6.07, 6.45) is 0. The van der Waals surface area contributed by atoms with Crippen molar-refractivity contribution in [3.63, 3.8) is 0 Å². The van der Waals surface area contributed by atoms with Crippen LogP contribution >= 0.6 is 0 Å². The van der Waals surface area contributed by atoms with Crippen LogP contribution in [-0.2, 0) is 9.59 Å². The number of hydrogen-bond acceptors (Lipinski definition) is 3. The van der Waals surface area contributed by atoms with E-state index >= 15 is 0 Å². The van der Waals surface area contributed by atoms with Gasteiger partial charge in [0.1, 0.15) is 5.75 Å². The third kappa shape index (κ3) is 1.65. The van der Waals surface area contributed by atoms with E-state index in [1.165, 1.54) is 12.1 Å². The molecule has 1 aromatic rings. The molecule has 0 saturated carbocycles. The van der Waals surface area contributed by atoms with E-state index in [1.54, 1.807) is 6.92 Å². The van der Waals surface area contributed by atoms with Crippen LogP contribution in [0.5, 0.6) is 5.75 Å². The molecule has 0 aromatic heterocycles. The summed E-state index contributed by atoms with van der Waals surface area (Å²) < 4.78 is 5.18. The molecule has 1 aromatic carbocycles. The molecule has 0 atom stereocenters. The SMILES string of the molecule is CCOc1cc2c(cc1[NH])=NC(=O)C(=O)N=2. The van der Waals surface area contributed by atoms with Crippen LogP contribution in [0.1, 0.15) is 6.92 Å². The van der Waals surface area contributed by atoms with E-state index in [2.05, 4.69) is 9.98 Å². The van der Waals surface area contributed by atoms with Crippen LogP contribution in [0.3, 0.4) is 0 Å². The molecule has 6 heteroatoms. The first-order valence-corrected chi connectivity index (χ1v) is 4.66. The zero-order valence-corrected chi connectivity index (χ0v) is 8.48. The monoisotopic (exact) mass is 218 g/mol. The highest BCUT2D eigenvalue weighted by atomic mass is 16.5. The Bertz CT molecular complexity index is 592. The Kier molecular flexibility index (Phi) is 2.40. The molecule has 16 heavy (non-hydrogen) atoms. The Hall–Kier alpha value is -2.24. The lowest BCUT2D eigenvalue weighted by molar-refractivity contribution is -0.135. The van der Waals surface area contributed by atoms with Gasteiger partial charge >= 0.3 is 11.8 Å². The molecule has 0 fully saturated rings. The van der Waals surface area contributed by atoms with Crippen LogP contribution < -0.4 is 21.2 Å². The van der Waals surface area contributed by atoms with E-state index in [1.807, 2.05) is 0 Å². The van der Waals surface area contributed by atoms with Gasteiger partial charge in [-0.2, -0.15) is 0 Å². The molecule has 2 rings (SSSR count). The minimum absolute atomic E-state index is 0.113. The van der Waals surface area contributed by atoms with Gasteiger partial charge in [0.15, 0.2) is 0 Å². The smallest absolute Gasteiger partial charge is 0.338 e. The molecule has 1 aliphatic rings. The first kappa shape index (κ1) is 10.3. The summed E-state index contributed by atoms with van der Waals surface area (Å²) in [4.78, 5) is 29.1. The van der Waals surface area contributed by atoms with Gasteiger partial charge in [-0.05, 0) is 13.0 Å². The van der Waals surface area contributed by atoms with Crippen LogP contribution in [0.2, 0.25) is 0 Å². The summed E-state index contributed by atoms with van der Waals surface area (Å²) in [5, 5.41) is 0.502. The summed E-state index contributed by atoms with van der Waals surface area (Å²) in [7, 11) is 0. The molecule has 0 saturated heterocycles. The number of amides is 2. The van der Waals surface area contributed by atoms with Crippen molar-refractivity contribution in [1.29, 1.82) is 0 Å². The average Bonchev–Trinajstić information content (AvgIpc) is 2.23. The van der Waals surface area contributed by atoms with Gasteiger partial charge in [0.05, 0.1) is 23.0 Å². The van der Waals surface area contributed by atoms with Crippen molar-refractivity contribution < 1.29 is 14.3 Å². The number of hydrogen-bond donors (Lipinski definition) is 0. The van der Waals surface area contributed by atoms with Gasteiger partial charge in [0.25, 0.3) is 0 Å². The third-order valence-corrected chi connectivity index (χ3v) is 2.00. The minimum atomic E-state index is -0.906. The van der Waals surface area contributed by atoms with Crippen molar-refractivity contribution in [3.05, 3.63) is 22.8 Å². The summed E-state index contributed by atoms with van der Waals surface area (Å²) in [6.45, 7) is 2.20. The predicted molar refractivity (Wildman–Crippen MR) is 52.7 cm³/mol. The number of nitrogens with one attached hydrogen (secondary N) is 1. The normalized spacial score (nSPS) is 13.8. The number of carbonyl (C=O) groups excluding carboxylic acids is 2. The molecule has 0 bridgehead atoms. The lowest BCUT2D eigenvalue weighted by atomic mass is 10.2. The zero-order chi connectivity index (χ0) is 11.7. The first-order valence-electron chi connectivity index (χ1n) is 4.66. The van der Waals surface area contributed by atoms with Gasteiger partial charge in [0.2, 0.25) is 0 Å². The summed E-state index contributed by atoms with van der Waals surface area (Å²) in [5.74, 6) is -1.48. The standard InChI is InChI=1S/C10H8N3O3/c1-2-16-8-4-7-6(3-5(8)11)12-9(14)10(15)13-7/h3-4,11H,2H2,1H3. The Morgan fingerprint density at radius 3 is 2.31 bits per heavy atom. The maximum atomic E-state index is 11.0. The number of benzene rings is 1. The lowest BCUT2D eigenvalue weighted by Crippen LogP contribution is -2.34. The van der Waals surface area contributed by atoms with E-state index in [-0.39, 0.29) is 16.4 Å². The number of rotatable bonds is 2.